The molecule has 1 atom stereocenters. The molecular formula is C21H28NOS+. The van der Waals surface area contributed by atoms with Gasteiger partial charge in [-0.05, 0) is 54.7 Å². The number of rotatable bonds is 5. The molecule has 2 aromatic rings. The first kappa shape index (κ1) is 17.4. The van der Waals surface area contributed by atoms with Crippen molar-refractivity contribution in [3.05, 3.63) is 53.1 Å². The van der Waals surface area contributed by atoms with Gasteiger partial charge >= 0.3 is 0 Å². The van der Waals surface area contributed by atoms with Crippen LogP contribution in [0.1, 0.15) is 36.5 Å². The van der Waals surface area contributed by atoms with Crippen molar-refractivity contribution in [1.29, 1.82) is 0 Å². The first-order valence-electron chi connectivity index (χ1n) is 8.75. The lowest BCUT2D eigenvalue weighted by Crippen LogP contribution is -2.48. The van der Waals surface area contributed by atoms with E-state index in [0.29, 0.717) is 0 Å². The minimum atomic E-state index is 0.191. The molecule has 128 valence electrons. The van der Waals surface area contributed by atoms with Crippen LogP contribution in [-0.4, -0.2) is 31.9 Å². The molecule has 0 radical (unpaired) electrons. The summed E-state index contributed by atoms with van der Waals surface area (Å²) in [5.74, 6) is 1.01. The fraction of sp³-hybridized carbons (Fsp3) is 0.429. The van der Waals surface area contributed by atoms with Crippen LogP contribution in [0.5, 0.6) is 5.75 Å². The molecule has 0 aliphatic carbocycles. The second-order valence-electron chi connectivity index (χ2n) is 7.59. The van der Waals surface area contributed by atoms with E-state index in [9.17, 15) is 0 Å². The average Bonchev–Trinajstić information content (AvgIpc) is 2.52. The van der Waals surface area contributed by atoms with Crippen molar-refractivity contribution in [3.8, 4) is 5.75 Å². The first-order valence-corrected chi connectivity index (χ1v) is 9.57. The van der Waals surface area contributed by atoms with E-state index < -0.39 is 0 Å². The number of hydrogen-bond donors (Lipinski definition) is 0. The van der Waals surface area contributed by atoms with E-state index in [2.05, 4.69) is 71.4 Å². The second kappa shape index (κ2) is 6.81. The van der Waals surface area contributed by atoms with E-state index in [1.807, 2.05) is 11.8 Å². The third-order valence-corrected chi connectivity index (χ3v) is 5.97. The third-order valence-electron chi connectivity index (χ3n) is 4.56. The van der Waals surface area contributed by atoms with Crippen LogP contribution in [-0.2, 0) is 6.42 Å². The Kier molecular flexibility index (Phi) is 4.93. The molecule has 1 aliphatic heterocycles. The molecule has 0 fully saturated rings. The van der Waals surface area contributed by atoms with E-state index in [1.54, 1.807) is 0 Å². The minimum Gasteiger partial charge on any atom is -0.443 e. The van der Waals surface area contributed by atoms with Crippen molar-refractivity contribution in [1.82, 2.24) is 0 Å². The molecule has 1 aliphatic rings. The van der Waals surface area contributed by atoms with Crippen molar-refractivity contribution in [2.24, 2.45) is 0 Å². The topological polar surface area (TPSA) is 9.23 Å². The van der Waals surface area contributed by atoms with Crippen LogP contribution < -0.4 is 4.74 Å². The van der Waals surface area contributed by atoms with Crippen LogP contribution in [0.25, 0.3) is 0 Å². The Morgan fingerprint density at radius 2 is 1.88 bits per heavy atom. The van der Waals surface area contributed by atoms with Crippen molar-refractivity contribution in [3.63, 3.8) is 0 Å². The molecule has 1 heterocycles. The molecule has 0 bridgehead atoms. The van der Waals surface area contributed by atoms with Gasteiger partial charge < -0.3 is 4.74 Å². The van der Waals surface area contributed by atoms with Gasteiger partial charge in [-0.2, -0.15) is 0 Å². The lowest BCUT2D eigenvalue weighted by atomic mass is 10.0. The summed E-state index contributed by atoms with van der Waals surface area (Å²) in [6.07, 6.45) is 3.39. The molecule has 0 saturated carbocycles. The van der Waals surface area contributed by atoms with Crippen LogP contribution in [0, 0.1) is 6.92 Å². The molecule has 0 aromatic heterocycles. The number of benzene rings is 2. The van der Waals surface area contributed by atoms with E-state index >= 15 is 0 Å². The minimum absolute atomic E-state index is 0.191. The summed E-state index contributed by atoms with van der Waals surface area (Å²) in [5.41, 5.74) is 4.13. The molecule has 0 amide bonds. The highest BCUT2D eigenvalue weighted by Gasteiger charge is 2.26. The highest BCUT2D eigenvalue weighted by molar-refractivity contribution is 7.99. The summed E-state index contributed by atoms with van der Waals surface area (Å²) >= 11 is 1.89. The number of fused-ring (bicyclic) bond motifs is 2. The summed E-state index contributed by atoms with van der Waals surface area (Å²) in [6.45, 7) is 4.42. The van der Waals surface area contributed by atoms with Gasteiger partial charge in [0, 0.05) is 16.2 Å². The Labute approximate surface area is 150 Å². The first-order chi connectivity index (χ1) is 11.4. The maximum Gasteiger partial charge on any atom is 0.233 e. The predicted molar refractivity (Wildman–Crippen MR) is 102 cm³/mol. The Bertz CT molecular complexity index is 733. The van der Waals surface area contributed by atoms with Crippen molar-refractivity contribution in [2.75, 3.05) is 21.1 Å². The average molecular weight is 343 g/mol. The van der Waals surface area contributed by atoms with Gasteiger partial charge in [0.15, 0.2) is 0 Å². The van der Waals surface area contributed by atoms with E-state index in [-0.39, 0.29) is 6.23 Å². The molecule has 2 aromatic carbocycles. The molecule has 2 nitrogen and oxygen atoms in total. The van der Waals surface area contributed by atoms with Gasteiger partial charge in [-0.15, -0.1) is 0 Å². The van der Waals surface area contributed by atoms with Crippen molar-refractivity contribution in [2.45, 2.75) is 49.1 Å². The van der Waals surface area contributed by atoms with E-state index in [1.165, 1.54) is 26.5 Å². The molecule has 0 saturated heterocycles. The number of nitrogens with zero attached hydrogens (tertiary/aromatic N) is 1. The van der Waals surface area contributed by atoms with Crippen molar-refractivity contribution < 1.29 is 9.22 Å². The third kappa shape index (κ3) is 3.62. The Morgan fingerprint density at radius 3 is 2.58 bits per heavy atom. The highest BCUT2D eigenvalue weighted by atomic mass is 32.2. The summed E-state index contributed by atoms with van der Waals surface area (Å²) < 4.78 is 7.24. The smallest absolute Gasteiger partial charge is 0.233 e. The zero-order chi connectivity index (χ0) is 17.3. The van der Waals surface area contributed by atoms with Gasteiger partial charge in [-0.3, -0.25) is 4.48 Å². The zero-order valence-corrected chi connectivity index (χ0v) is 16.2. The summed E-state index contributed by atoms with van der Waals surface area (Å²) in [5, 5.41) is 0. The summed E-state index contributed by atoms with van der Waals surface area (Å²) in [7, 11) is 6.62. The summed E-state index contributed by atoms with van der Waals surface area (Å²) in [4.78, 5) is 2.79. The van der Waals surface area contributed by atoms with Crippen LogP contribution in [0.2, 0.25) is 0 Å². The lowest BCUT2D eigenvalue weighted by molar-refractivity contribution is -0.915. The molecular weight excluding hydrogens is 314 g/mol. The van der Waals surface area contributed by atoms with Gasteiger partial charge in [0.05, 0.1) is 21.1 Å². The number of hydrogen-bond acceptors (Lipinski definition) is 2. The Morgan fingerprint density at radius 1 is 1.12 bits per heavy atom. The Balaban J connectivity index is 1.89. The number of aryl methyl sites for hydroxylation is 1. The molecule has 0 spiro atoms. The van der Waals surface area contributed by atoms with Crippen molar-refractivity contribution >= 4 is 11.8 Å². The maximum absolute atomic E-state index is 6.42. The SMILES string of the molecule is CCCC(Oc1cc(C)c2c(c1)Cc1ccccc1S2)[N+](C)(C)C. The Hall–Kier alpha value is -1.45. The largest absolute Gasteiger partial charge is 0.443 e. The fourth-order valence-electron chi connectivity index (χ4n) is 3.23. The predicted octanol–water partition coefficient (Wildman–Crippen LogP) is 5.26. The molecule has 3 rings (SSSR count). The molecule has 24 heavy (non-hydrogen) atoms. The van der Waals surface area contributed by atoms with Crippen LogP contribution in [0.15, 0.2) is 46.2 Å². The van der Waals surface area contributed by atoms with E-state index in [4.69, 9.17) is 4.74 Å². The van der Waals surface area contributed by atoms with Gasteiger partial charge in [0.25, 0.3) is 0 Å². The molecule has 3 heteroatoms. The van der Waals surface area contributed by atoms with Gasteiger partial charge in [0.1, 0.15) is 5.75 Å². The quantitative estimate of drug-likeness (QED) is 0.462. The second-order valence-corrected chi connectivity index (χ2v) is 8.64. The maximum atomic E-state index is 6.42. The standard InChI is InChI=1S/C21H28NOS/c1-6-9-20(22(3,4)5)23-18-12-15(2)21-17(14-18)13-16-10-7-8-11-19(16)24-21/h7-8,10-12,14,20H,6,9,13H2,1-5H3/q+1. The highest BCUT2D eigenvalue weighted by Crippen LogP contribution is 2.42. The zero-order valence-electron chi connectivity index (χ0n) is 15.4. The fourth-order valence-corrected chi connectivity index (χ4v) is 4.35. The van der Waals surface area contributed by atoms with Gasteiger partial charge in [-0.25, -0.2) is 0 Å². The molecule has 0 N–H and O–H groups in total. The number of quaternary nitrogens is 1. The van der Waals surface area contributed by atoms with Gasteiger partial charge in [0.2, 0.25) is 6.23 Å². The molecule has 1 unspecified atom stereocenters. The lowest BCUT2D eigenvalue weighted by Gasteiger charge is -2.34. The van der Waals surface area contributed by atoms with Crippen LogP contribution in [0.3, 0.4) is 0 Å². The number of ether oxygens (including phenoxy) is 1. The van der Waals surface area contributed by atoms with Crippen LogP contribution >= 0.6 is 11.8 Å². The van der Waals surface area contributed by atoms with E-state index in [0.717, 1.165) is 29.5 Å². The monoisotopic (exact) mass is 342 g/mol. The summed E-state index contributed by atoms with van der Waals surface area (Å²) in [6, 6.07) is 13.2. The normalized spacial score (nSPS) is 14.7. The van der Waals surface area contributed by atoms with Gasteiger partial charge in [-0.1, -0.05) is 36.9 Å². The van der Waals surface area contributed by atoms with Crippen LogP contribution in [0.4, 0.5) is 0 Å².